The number of amides is 1. The number of pyridine rings is 1. The first-order chi connectivity index (χ1) is 10.2. The van der Waals surface area contributed by atoms with E-state index in [4.69, 9.17) is 4.74 Å². The lowest BCUT2D eigenvalue weighted by Gasteiger charge is -2.41. The maximum atomic E-state index is 12.0. The van der Waals surface area contributed by atoms with Crippen molar-refractivity contribution in [2.24, 2.45) is 11.3 Å². The molecule has 5 nitrogen and oxygen atoms in total. The number of hydrogen-bond donors (Lipinski definition) is 1. The van der Waals surface area contributed by atoms with Crippen LogP contribution in [0, 0.1) is 11.3 Å². The molecule has 1 spiro atoms. The third-order valence-corrected chi connectivity index (χ3v) is 5.01. The highest BCUT2D eigenvalue weighted by Crippen LogP contribution is 2.42. The van der Waals surface area contributed by atoms with Gasteiger partial charge in [-0.3, -0.25) is 14.7 Å². The standard InChI is InChI=1S/C16H23N3O2/c1-21-11-14-15(20)18-12-16(14)4-8-19(9-5-16)10-13-2-6-17-7-3-13/h2-3,6-7,14H,4-5,8-12H2,1H3,(H,18,20)/t14-/m1/s1. The van der Waals surface area contributed by atoms with Gasteiger partial charge in [0.05, 0.1) is 12.5 Å². The Bertz CT molecular complexity index is 484. The fourth-order valence-corrected chi connectivity index (χ4v) is 3.63. The Balaban J connectivity index is 1.60. The molecule has 2 fully saturated rings. The van der Waals surface area contributed by atoms with E-state index in [2.05, 4.69) is 27.3 Å². The number of nitrogens with zero attached hydrogens (tertiary/aromatic N) is 2. The van der Waals surface area contributed by atoms with E-state index < -0.39 is 0 Å². The highest BCUT2D eigenvalue weighted by atomic mass is 16.5. The maximum absolute atomic E-state index is 12.0. The molecule has 0 unspecified atom stereocenters. The van der Waals surface area contributed by atoms with E-state index in [1.54, 1.807) is 7.11 Å². The molecule has 114 valence electrons. The monoisotopic (exact) mass is 289 g/mol. The fraction of sp³-hybridized carbons (Fsp3) is 0.625. The number of methoxy groups -OCH3 is 1. The van der Waals surface area contributed by atoms with E-state index in [1.165, 1.54) is 5.56 Å². The van der Waals surface area contributed by atoms with Gasteiger partial charge in [-0.2, -0.15) is 0 Å². The zero-order chi connectivity index (χ0) is 14.7. The van der Waals surface area contributed by atoms with Crippen molar-refractivity contribution in [1.82, 2.24) is 15.2 Å². The molecule has 1 amide bonds. The lowest BCUT2D eigenvalue weighted by molar-refractivity contribution is -0.126. The smallest absolute Gasteiger partial charge is 0.226 e. The minimum Gasteiger partial charge on any atom is -0.384 e. The van der Waals surface area contributed by atoms with Crippen LogP contribution in [-0.4, -0.2) is 49.1 Å². The molecular weight excluding hydrogens is 266 g/mol. The van der Waals surface area contributed by atoms with E-state index in [0.717, 1.165) is 39.0 Å². The van der Waals surface area contributed by atoms with E-state index in [-0.39, 0.29) is 17.2 Å². The van der Waals surface area contributed by atoms with E-state index >= 15 is 0 Å². The van der Waals surface area contributed by atoms with Crippen LogP contribution in [0.4, 0.5) is 0 Å². The van der Waals surface area contributed by atoms with Crippen LogP contribution in [0.2, 0.25) is 0 Å². The number of piperidine rings is 1. The summed E-state index contributed by atoms with van der Waals surface area (Å²) in [4.78, 5) is 18.5. The van der Waals surface area contributed by atoms with Gasteiger partial charge in [0, 0.05) is 38.0 Å². The first-order valence-corrected chi connectivity index (χ1v) is 7.61. The van der Waals surface area contributed by atoms with E-state index in [1.807, 2.05) is 12.4 Å². The SMILES string of the molecule is COC[C@@H]1C(=O)NCC12CCN(Cc1ccncc1)CC2. The van der Waals surface area contributed by atoms with Crippen molar-refractivity contribution >= 4 is 5.91 Å². The van der Waals surface area contributed by atoms with Gasteiger partial charge in [-0.15, -0.1) is 0 Å². The first kappa shape index (κ1) is 14.5. The largest absolute Gasteiger partial charge is 0.384 e. The summed E-state index contributed by atoms with van der Waals surface area (Å²) in [7, 11) is 1.68. The number of hydrogen-bond acceptors (Lipinski definition) is 4. The quantitative estimate of drug-likeness (QED) is 0.900. The molecule has 21 heavy (non-hydrogen) atoms. The van der Waals surface area contributed by atoms with E-state index in [9.17, 15) is 4.79 Å². The van der Waals surface area contributed by atoms with Crippen molar-refractivity contribution in [3.05, 3.63) is 30.1 Å². The highest BCUT2D eigenvalue weighted by Gasteiger charge is 2.49. The second-order valence-corrected chi connectivity index (χ2v) is 6.22. The van der Waals surface area contributed by atoms with Gasteiger partial charge >= 0.3 is 0 Å². The van der Waals surface area contributed by atoms with Crippen LogP contribution in [0.15, 0.2) is 24.5 Å². The Hall–Kier alpha value is -1.46. The predicted molar refractivity (Wildman–Crippen MR) is 79.6 cm³/mol. The van der Waals surface area contributed by atoms with Crippen molar-refractivity contribution in [2.45, 2.75) is 19.4 Å². The van der Waals surface area contributed by atoms with Gasteiger partial charge in [-0.1, -0.05) is 0 Å². The van der Waals surface area contributed by atoms with Crippen molar-refractivity contribution in [3.8, 4) is 0 Å². The second-order valence-electron chi connectivity index (χ2n) is 6.22. The number of carbonyl (C=O) groups is 1. The molecule has 1 atom stereocenters. The van der Waals surface area contributed by atoms with Gasteiger partial charge in [0.25, 0.3) is 0 Å². The average Bonchev–Trinajstić information content (AvgIpc) is 2.81. The summed E-state index contributed by atoms with van der Waals surface area (Å²) >= 11 is 0. The van der Waals surface area contributed by atoms with Gasteiger partial charge < -0.3 is 10.1 Å². The summed E-state index contributed by atoms with van der Waals surface area (Å²) < 4.78 is 5.26. The molecule has 5 heteroatoms. The number of aromatic nitrogens is 1. The normalized spacial score (nSPS) is 25.2. The molecule has 3 rings (SSSR count). The van der Waals surface area contributed by atoms with Gasteiger partial charge in [-0.25, -0.2) is 0 Å². The summed E-state index contributed by atoms with van der Waals surface area (Å²) in [5.41, 5.74) is 1.40. The van der Waals surface area contributed by atoms with Crippen LogP contribution in [0.1, 0.15) is 18.4 Å². The summed E-state index contributed by atoms with van der Waals surface area (Å²) in [6, 6.07) is 4.14. The first-order valence-electron chi connectivity index (χ1n) is 7.61. The minimum atomic E-state index is 0.0191. The van der Waals surface area contributed by atoms with Crippen molar-refractivity contribution < 1.29 is 9.53 Å². The lowest BCUT2D eigenvalue weighted by Crippen LogP contribution is -2.45. The Labute approximate surface area is 125 Å². The predicted octanol–water partition coefficient (Wildman–Crippen LogP) is 1.06. The third kappa shape index (κ3) is 2.94. The van der Waals surface area contributed by atoms with Crippen LogP contribution in [0.3, 0.4) is 0 Å². The zero-order valence-electron chi connectivity index (χ0n) is 12.5. The topological polar surface area (TPSA) is 54.5 Å². The van der Waals surface area contributed by atoms with Crippen molar-refractivity contribution in [3.63, 3.8) is 0 Å². The Morgan fingerprint density at radius 1 is 1.38 bits per heavy atom. The maximum Gasteiger partial charge on any atom is 0.226 e. The fourth-order valence-electron chi connectivity index (χ4n) is 3.63. The van der Waals surface area contributed by atoms with Gasteiger partial charge in [0.15, 0.2) is 0 Å². The minimum absolute atomic E-state index is 0.0191. The number of nitrogens with one attached hydrogen (secondary N) is 1. The molecular formula is C16H23N3O2. The number of carbonyl (C=O) groups excluding carboxylic acids is 1. The van der Waals surface area contributed by atoms with Crippen molar-refractivity contribution in [1.29, 1.82) is 0 Å². The van der Waals surface area contributed by atoms with Crippen LogP contribution in [0.25, 0.3) is 0 Å². The van der Waals surface area contributed by atoms with Crippen LogP contribution >= 0.6 is 0 Å². The summed E-state index contributed by atoms with van der Waals surface area (Å²) in [6.45, 7) is 4.39. The van der Waals surface area contributed by atoms with Crippen LogP contribution in [-0.2, 0) is 16.1 Å². The third-order valence-electron chi connectivity index (χ3n) is 5.01. The average molecular weight is 289 g/mol. The molecule has 1 aromatic heterocycles. The molecule has 3 heterocycles. The highest BCUT2D eigenvalue weighted by molar-refractivity contribution is 5.82. The zero-order valence-corrected chi connectivity index (χ0v) is 12.5. The summed E-state index contributed by atoms with van der Waals surface area (Å²) in [6.07, 6.45) is 5.81. The van der Waals surface area contributed by atoms with Crippen molar-refractivity contribution in [2.75, 3.05) is 33.4 Å². The molecule has 0 saturated carbocycles. The molecule has 2 aliphatic rings. The van der Waals surface area contributed by atoms with Crippen LogP contribution < -0.4 is 5.32 Å². The Kier molecular flexibility index (Phi) is 4.22. The second kappa shape index (κ2) is 6.12. The van der Waals surface area contributed by atoms with Gasteiger partial charge in [0.1, 0.15) is 0 Å². The molecule has 2 aliphatic heterocycles. The number of likely N-dealkylation sites (tertiary alicyclic amines) is 1. The van der Waals surface area contributed by atoms with Gasteiger partial charge in [0.2, 0.25) is 5.91 Å². The Morgan fingerprint density at radius 3 is 2.76 bits per heavy atom. The summed E-state index contributed by atoms with van der Waals surface area (Å²) in [5, 5.41) is 3.03. The molecule has 1 N–H and O–H groups in total. The van der Waals surface area contributed by atoms with Gasteiger partial charge in [-0.05, 0) is 43.6 Å². The molecule has 0 bridgehead atoms. The summed E-state index contributed by atoms with van der Waals surface area (Å²) in [5.74, 6) is 0.185. The lowest BCUT2D eigenvalue weighted by atomic mass is 9.71. The molecule has 2 saturated heterocycles. The molecule has 1 aromatic rings. The molecule has 0 aromatic carbocycles. The van der Waals surface area contributed by atoms with Crippen LogP contribution in [0.5, 0.6) is 0 Å². The molecule has 0 radical (unpaired) electrons. The Morgan fingerprint density at radius 2 is 2.10 bits per heavy atom. The number of ether oxygens (including phenoxy) is 1. The molecule has 0 aliphatic carbocycles. The number of rotatable bonds is 4. The van der Waals surface area contributed by atoms with E-state index in [0.29, 0.717) is 6.61 Å².